The fourth-order valence-electron chi connectivity index (χ4n) is 3.84. The van der Waals surface area contributed by atoms with Gasteiger partial charge in [0, 0.05) is 17.6 Å². The number of anilines is 1. The van der Waals surface area contributed by atoms with Crippen LogP contribution in [-0.4, -0.2) is 23.9 Å². The van der Waals surface area contributed by atoms with Gasteiger partial charge in [-0.3, -0.25) is 9.69 Å². The Morgan fingerprint density at radius 1 is 1.17 bits per heavy atom. The van der Waals surface area contributed by atoms with Crippen LogP contribution < -0.4 is 5.32 Å². The Kier molecular flexibility index (Phi) is 5.05. The maximum absolute atomic E-state index is 12.4. The number of amides is 1. The van der Waals surface area contributed by atoms with Gasteiger partial charge in [0.25, 0.3) is 0 Å². The van der Waals surface area contributed by atoms with E-state index in [-0.39, 0.29) is 11.3 Å². The highest BCUT2D eigenvalue weighted by atomic mass is 16.2. The number of hydrogen-bond acceptors (Lipinski definition) is 2. The molecule has 23 heavy (non-hydrogen) atoms. The molecule has 1 aromatic carbocycles. The van der Waals surface area contributed by atoms with E-state index in [1.54, 1.807) is 0 Å². The van der Waals surface area contributed by atoms with Crippen molar-refractivity contribution in [3.8, 4) is 0 Å². The fraction of sp³-hybridized carbons (Fsp3) is 0.650. The van der Waals surface area contributed by atoms with Crippen LogP contribution >= 0.6 is 0 Å². The van der Waals surface area contributed by atoms with Crippen LogP contribution in [0.1, 0.15) is 57.9 Å². The van der Waals surface area contributed by atoms with Crippen LogP contribution in [0.2, 0.25) is 0 Å². The van der Waals surface area contributed by atoms with Crippen molar-refractivity contribution in [3.63, 3.8) is 0 Å². The lowest BCUT2D eigenvalue weighted by molar-refractivity contribution is -0.124. The number of piperidine rings is 1. The highest BCUT2D eigenvalue weighted by Gasteiger charge is 2.36. The number of hydrogen-bond donors (Lipinski definition) is 1. The Hall–Kier alpha value is -1.35. The topological polar surface area (TPSA) is 32.3 Å². The van der Waals surface area contributed by atoms with E-state index in [1.807, 2.05) is 0 Å². The third-order valence-electron chi connectivity index (χ3n) is 5.75. The molecule has 1 aliphatic heterocycles. The van der Waals surface area contributed by atoms with E-state index >= 15 is 0 Å². The van der Waals surface area contributed by atoms with E-state index in [1.165, 1.54) is 44.3 Å². The lowest BCUT2D eigenvalue weighted by Crippen LogP contribution is -2.32. The number of carbonyl (C=O) groups excluding carboxylic acids is 1. The van der Waals surface area contributed by atoms with Crippen LogP contribution in [0.4, 0.5) is 5.69 Å². The predicted octanol–water partition coefficient (Wildman–Crippen LogP) is 4.44. The normalized spacial score (nSPS) is 22.2. The Morgan fingerprint density at radius 3 is 2.39 bits per heavy atom. The van der Waals surface area contributed by atoms with E-state index in [9.17, 15) is 4.79 Å². The van der Waals surface area contributed by atoms with Gasteiger partial charge in [-0.15, -0.1) is 0 Å². The number of nitrogens with zero attached hydrogens (tertiary/aromatic N) is 1. The molecule has 1 aliphatic carbocycles. The molecule has 0 bridgehead atoms. The SMILES string of the molecule is CC1CCN(Cc2ccc(NC(=O)C3(C)CCCC3)cc2)CC1. The number of rotatable bonds is 4. The van der Waals surface area contributed by atoms with Gasteiger partial charge < -0.3 is 5.32 Å². The first-order valence-corrected chi connectivity index (χ1v) is 9.18. The molecule has 0 atom stereocenters. The average Bonchev–Trinajstić information content (AvgIpc) is 3.00. The highest BCUT2D eigenvalue weighted by Crippen LogP contribution is 2.38. The van der Waals surface area contributed by atoms with Gasteiger partial charge in [0.1, 0.15) is 0 Å². The first-order valence-electron chi connectivity index (χ1n) is 9.18. The molecule has 3 nitrogen and oxygen atoms in total. The van der Waals surface area contributed by atoms with Crippen molar-refractivity contribution in [2.45, 2.75) is 58.9 Å². The van der Waals surface area contributed by atoms with Crippen LogP contribution in [0.25, 0.3) is 0 Å². The molecule has 1 heterocycles. The molecule has 0 unspecified atom stereocenters. The maximum Gasteiger partial charge on any atom is 0.230 e. The van der Waals surface area contributed by atoms with Crippen LogP contribution in [0.3, 0.4) is 0 Å². The third kappa shape index (κ3) is 4.14. The summed E-state index contributed by atoms with van der Waals surface area (Å²) in [4.78, 5) is 15.0. The molecular weight excluding hydrogens is 284 g/mol. The van der Waals surface area contributed by atoms with Crippen molar-refractivity contribution in [3.05, 3.63) is 29.8 Å². The Labute approximate surface area is 140 Å². The zero-order chi connectivity index (χ0) is 16.3. The first kappa shape index (κ1) is 16.5. The van der Waals surface area contributed by atoms with Crippen LogP contribution in [-0.2, 0) is 11.3 Å². The number of benzene rings is 1. The van der Waals surface area contributed by atoms with Crippen molar-refractivity contribution < 1.29 is 4.79 Å². The fourth-order valence-corrected chi connectivity index (χ4v) is 3.84. The maximum atomic E-state index is 12.4. The third-order valence-corrected chi connectivity index (χ3v) is 5.75. The lowest BCUT2D eigenvalue weighted by atomic mass is 9.88. The van der Waals surface area contributed by atoms with E-state index in [4.69, 9.17) is 0 Å². The van der Waals surface area contributed by atoms with E-state index in [0.717, 1.165) is 31.0 Å². The second-order valence-corrected chi connectivity index (χ2v) is 7.88. The quantitative estimate of drug-likeness (QED) is 0.891. The smallest absolute Gasteiger partial charge is 0.230 e. The molecule has 1 saturated heterocycles. The van der Waals surface area contributed by atoms with E-state index in [2.05, 4.69) is 48.3 Å². The summed E-state index contributed by atoms with van der Waals surface area (Å²) in [5.41, 5.74) is 2.10. The summed E-state index contributed by atoms with van der Waals surface area (Å²) in [6.45, 7) is 7.88. The summed E-state index contributed by atoms with van der Waals surface area (Å²) >= 11 is 0. The van der Waals surface area contributed by atoms with Gasteiger partial charge >= 0.3 is 0 Å². The van der Waals surface area contributed by atoms with Gasteiger partial charge in [-0.05, 0) is 62.4 Å². The second-order valence-electron chi connectivity index (χ2n) is 7.88. The molecule has 2 fully saturated rings. The molecule has 0 radical (unpaired) electrons. The van der Waals surface area contributed by atoms with Crippen molar-refractivity contribution in [2.75, 3.05) is 18.4 Å². The molecule has 0 aromatic heterocycles. The Balaban J connectivity index is 1.53. The van der Waals surface area contributed by atoms with Crippen molar-refractivity contribution in [2.24, 2.45) is 11.3 Å². The summed E-state index contributed by atoms with van der Waals surface area (Å²) in [6.07, 6.45) is 7.02. The van der Waals surface area contributed by atoms with Gasteiger partial charge in [-0.2, -0.15) is 0 Å². The molecule has 3 heteroatoms. The summed E-state index contributed by atoms with van der Waals surface area (Å²) < 4.78 is 0. The average molecular weight is 314 g/mol. The van der Waals surface area contributed by atoms with Crippen molar-refractivity contribution >= 4 is 11.6 Å². The van der Waals surface area contributed by atoms with Crippen LogP contribution in [0, 0.1) is 11.3 Å². The molecule has 0 spiro atoms. The minimum absolute atomic E-state index is 0.164. The van der Waals surface area contributed by atoms with E-state index < -0.39 is 0 Å². The van der Waals surface area contributed by atoms with Gasteiger partial charge in [0.05, 0.1) is 0 Å². The number of nitrogens with one attached hydrogen (secondary N) is 1. The predicted molar refractivity (Wildman–Crippen MR) is 95.3 cm³/mol. The minimum atomic E-state index is -0.164. The van der Waals surface area contributed by atoms with Gasteiger partial charge in [0.15, 0.2) is 0 Å². The summed E-state index contributed by atoms with van der Waals surface area (Å²) in [5.74, 6) is 1.06. The second kappa shape index (κ2) is 7.04. The number of carbonyl (C=O) groups is 1. The molecular formula is C20H30N2O. The van der Waals surface area contributed by atoms with Crippen molar-refractivity contribution in [1.82, 2.24) is 4.90 Å². The molecule has 1 N–H and O–H groups in total. The highest BCUT2D eigenvalue weighted by molar-refractivity contribution is 5.95. The van der Waals surface area contributed by atoms with Crippen LogP contribution in [0.15, 0.2) is 24.3 Å². The summed E-state index contributed by atoms with van der Waals surface area (Å²) in [5, 5.41) is 3.11. The minimum Gasteiger partial charge on any atom is -0.326 e. The van der Waals surface area contributed by atoms with Gasteiger partial charge in [0.2, 0.25) is 5.91 Å². The van der Waals surface area contributed by atoms with Crippen LogP contribution in [0.5, 0.6) is 0 Å². The van der Waals surface area contributed by atoms with E-state index in [0.29, 0.717) is 0 Å². The largest absolute Gasteiger partial charge is 0.326 e. The lowest BCUT2D eigenvalue weighted by Gasteiger charge is -2.30. The Morgan fingerprint density at radius 2 is 1.78 bits per heavy atom. The number of likely N-dealkylation sites (tertiary alicyclic amines) is 1. The van der Waals surface area contributed by atoms with Gasteiger partial charge in [-0.25, -0.2) is 0 Å². The van der Waals surface area contributed by atoms with Crippen molar-refractivity contribution in [1.29, 1.82) is 0 Å². The Bertz CT molecular complexity index is 523. The molecule has 1 aromatic rings. The monoisotopic (exact) mass is 314 g/mol. The van der Waals surface area contributed by atoms with Gasteiger partial charge in [-0.1, -0.05) is 38.8 Å². The zero-order valence-electron chi connectivity index (χ0n) is 14.6. The molecule has 1 saturated carbocycles. The first-order chi connectivity index (χ1) is 11.0. The summed E-state index contributed by atoms with van der Waals surface area (Å²) in [6, 6.07) is 8.42. The molecule has 3 rings (SSSR count). The summed E-state index contributed by atoms with van der Waals surface area (Å²) in [7, 11) is 0. The molecule has 2 aliphatic rings. The zero-order valence-corrected chi connectivity index (χ0v) is 14.6. The molecule has 1 amide bonds. The standard InChI is InChI=1S/C20H30N2O/c1-16-9-13-22(14-10-16)15-17-5-7-18(8-6-17)21-19(23)20(2)11-3-4-12-20/h5-8,16H,3-4,9-15H2,1-2H3,(H,21,23). The molecule has 126 valence electrons.